The van der Waals surface area contributed by atoms with E-state index in [0.29, 0.717) is 25.7 Å². The van der Waals surface area contributed by atoms with Crippen molar-refractivity contribution < 1.29 is 14.6 Å². The Morgan fingerprint density at radius 2 is 1.87 bits per heavy atom. The summed E-state index contributed by atoms with van der Waals surface area (Å²) >= 11 is 7.27. The maximum atomic E-state index is 14.7. The summed E-state index contributed by atoms with van der Waals surface area (Å²) in [5.41, 5.74) is -0.937. The van der Waals surface area contributed by atoms with Gasteiger partial charge < -0.3 is 10.2 Å². The highest BCUT2D eigenvalue weighted by Gasteiger charge is 2.69. The fraction of sp³-hybridized carbons (Fsp3) is 0.789. The summed E-state index contributed by atoms with van der Waals surface area (Å²) in [6.45, 7) is 4.08. The van der Waals surface area contributed by atoms with Gasteiger partial charge in [-0.15, -0.1) is 11.6 Å². The first-order valence-electron chi connectivity index (χ1n) is 8.80. The Balaban J connectivity index is 1.79. The standard InChI is InChI=1S/C19H26ClFO2/c1-16-7-5-13(22)11-12(16)3-4-15-14-6-8-19(21,23)17(14,2)9-10-18(15,16)20/h3-5,7,12-15,22-23H,6,8-11H2,1-2H3/t12?,13?,14-,15-,16-,17-,18-,19?/m0/s1. The predicted octanol–water partition coefficient (Wildman–Crippen LogP) is 3.96. The average molecular weight is 341 g/mol. The fourth-order valence-corrected chi connectivity index (χ4v) is 6.55. The predicted molar refractivity (Wildman–Crippen MR) is 88.7 cm³/mol. The summed E-state index contributed by atoms with van der Waals surface area (Å²) in [5.74, 6) is -1.74. The van der Waals surface area contributed by atoms with E-state index in [1.165, 1.54) is 0 Å². The lowest BCUT2D eigenvalue weighted by atomic mass is 9.47. The van der Waals surface area contributed by atoms with Crippen LogP contribution in [0.4, 0.5) is 4.39 Å². The Morgan fingerprint density at radius 1 is 1.13 bits per heavy atom. The van der Waals surface area contributed by atoms with Crippen molar-refractivity contribution in [1.82, 2.24) is 0 Å². The van der Waals surface area contributed by atoms with E-state index in [2.05, 4.69) is 25.2 Å². The minimum absolute atomic E-state index is 0.0637. The third kappa shape index (κ3) is 1.82. The van der Waals surface area contributed by atoms with Crippen molar-refractivity contribution in [3.63, 3.8) is 0 Å². The molecule has 2 saturated carbocycles. The lowest BCUT2D eigenvalue weighted by Crippen LogP contribution is -2.61. The minimum atomic E-state index is -2.08. The molecule has 2 N–H and O–H groups in total. The Labute approximate surface area is 142 Å². The number of hydrogen-bond donors (Lipinski definition) is 2. The molecule has 2 nitrogen and oxygen atoms in total. The zero-order valence-corrected chi connectivity index (χ0v) is 14.6. The lowest BCUT2D eigenvalue weighted by Gasteiger charge is -2.61. The summed E-state index contributed by atoms with van der Waals surface area (Å²) in [5, 5.41) is 20.2. The molecule has 2 fully saturated rings. The molecule has 0 radical (unpaired) electrons. The average Bonchev–Trinajstić information content (AvgIpc) is 2.72. The summed E-state index contributed by atoms with van der Waals surface area (Å²) < 4.78 is 14.7. The van der Waals surface area contributed by atoms with Gasteiger partial charge in [-0.3, -0.25) is 0 Å². The highest BCUT2D eigenvalue weighted by atomic mass is 35.5. The van der Waals surface area contributed by atoms with Gasteiger partial charge >= 0.3 is 0 Å². The van der Waals surface area contributed by atoms with Gasteiger partial charge in [0, 0.05) is 23.2 Å². The van der Waals surface area contributed by atoms with Gasteiger partial charge in [0.15, 0.2) is 0 Å². The number of halogens is 2. The molecule has 0 saturated heterocycles. The first-order valence-corrected chi connectivity index (χ1v) is 9.18. The van der Waals surface area contributed by atoms with Gasteiger partial charge in [0.1, 0.15) is 0 Å². The maximum Gasteiger partial charge on any atom is 0.212 e. The normalized spacial score (nSPS) is 61.0. The molecule has 128 valence electrons. The summed E-state index contributed by atoms with van der Waals surface area (Å²) in [6.07, 6.45) is 10.8. The van der Waals surface area contributed by atoms with Gasteiger partial charge in [-0.2, -0.15) is 0 Å². The largest absolute Gasteiger partial charge is 0.389 e. The van der Waals surface area contributed by atoms with Gasteiger partial charge in [-0.25, -0.2) is 4.39 Å². The minimum Gasteiger partial charge on any atom is -0.389 e. The molecule has 0 aromatic carbocycles. The molecule has 0 spiro atoms. The van der Waals surface area contributed by atoms with Crippen LogP contribution in [0.15, 0.2) is 24.3 Å². The van der Waals surface area contributed by atoms with E-state index in [-0.39, 0.29) is 29.6 Å². The first-order chi connectivity index (χ1) is 10.6. The fourth-order valence-electron chi connectivity index (χ4n) is 6.03. The van der Waals surface area contributed by atoms with Crippen LogP contribution in [-0.2, 0) is 0 Å². The summed E-state index contributed by atoms with van der Waals surface area (Å²) in [6, 6.07) is 0. The lowest BCUT2D eigenvalue weighted by molar-refractivity contribution is -0.191. The number of aliphatic hydroxyl groups is 2. The molecule has 0 bridgehead atoms. The third-order valence-electron chi connectivity index (χ3n) is 7.83. The van der Waals surface area contributed by atoms with Crippen molar-refractivity contribution in [1.29, 1.82) is 0 Å². The molecule has 23 heavy (non-hydrogen) atoms. The van der Waals surface area contributed by atoms with E-state index in [4.69, 9.17) is 11.6 Å². The summed E-state index contributed by atoms with van der Waals surface area (Å²) in [7, 11) is 0. The zero-order valence-electron chi connectivity index (χ0n) is 13.8. The summed E-state index contributed by atoms with van der Waals surface area (Å²) in [4.78, 5) is -0.465. The maximum absolute atomic E-state index is 14.7. The van der Waals surface area contributed by atoms with Crippen molar-refractivity contribution >= 4 is 11.6 Å². The number of fused-ring (bicyclic) bond motifs is 5. The Bertz CT molecular complexity index is 588. The molecule has 0 aliphatic heterocycles. The number of alkyl halides is 2. The Kier molecular flexibility index (Phi) is 3.23. The van der Waals surface area contributed by atoms with Crippen molar-refractivity contribution in [3.05, 3.63) is 24.3 Å². The van der Waals surface area contributed by atoms with Crippen LogP contribution in [0.1, 0.15) is 46.0 Å². The monoisotopic (exact) mass is 340 g/mol. The third-order valence-corrected chi connectivity index (χ3v) is 8.67. The molecule has 0 aromatic heterocycles. The van der Waals surface area contributed by atoms with Crippen LogP contribution in [0.25, 0.3) is 0 Å². The highest BCUT2D eigenvalue weighted by molar-refractivity contribution is 6.25. The zero-order chi connectivity index (χ0) is 16.7. The van der Waals surface area contributed by atoms with Gasteiger partial charge in [-0.05, 0) is 37.5 Å². The SMILES string of the molecule is C[C@]12CC[C@]3(Cl)[C@@H](C=CC4CC(O)C=C[C@@]43C)[C@@H]1CCC2(O)F. The molecule has 4 aliphatic rings. The van der Waals surface area contributed by atoms with Crippen LogP contribution in [0.5, 0.6) is 0 Å². The molecule has 4 heteroatoms. The van der Waals surface area contributed by atoms with Gasteiger partial charge in [0.05, 0.1) is 11.0 Å². The van der Waals surface area contributed by atoms with E-state index in [0.717, 1.165) is 0 Å². The van der Waals surface area contributed by atoms with Crippen molar-refractivity contribution in [3.8, 4) is 0 Å². The van der Waals surface area contributed by atoms with Crippen LogP contribution in [-0.4, -0.2) is 27.0 Å². The second kappa shape index (κ2) is 4.62. The highest BCUT2D eigenvalue weighted by Crippen LogP contribution is 2.69. The van der Waals surface area contributed by atoms with E-state index in [1.807, 2.05) is 13.0 Å². The van der Waals surface area contributed by atoms with E-state index in [1.54, 1.807) is 0 Å². The number of hydrogen-bond acceptors (Lipinski definition) is 2. The van der Waals surface area contributed by atoms with E-state index in [9.17, 15) is 14.6 Å². The molecule has 4 aliphatic carbocycles. The molecular weight excluding hydrogens is 315 g/mol. The Hall–Kier alpha value is -0.380. The van der Waals surface area contributed by atoms with Gasteiger partial charge in [-0.1, -0.05) is 38.2 Å². The van der Waals surface area contributed by atoms with Crippen LogP contribution in [0.2, 0.25) is 0 Å². The second-order valence-electron chi connectivity index (χ2n) is 8.65. The van der Waals surface area contributed by atoms with Crippen LogP contribution >= 0.6 is 11.6 Å². The topological polar surface area (TPSA) is 40.5 Å². The van der Waals surface area contributed by atoms with E-state index < -0.39 is 22.2 Å². The number of rotatable bonds is 0. The van der Waals surface area contributed by atoms with Crippen molar-refractivity contribution in [2.75, 3.05) is 0 Å². The molecule has 0 heterocycles. The van der Waals surface area contributed by atoms with Gasteiger partial charge in [0.25, 0.3) is 0 Å². The molecule has 0 aromatic rings. The number of allylic oxidation sites excluding steroid dienone is 3. The second-order valence-corrected chi connectivity index (χ2v) is 9.32. The molecular formula is C19H26ClFO2. The van der Waals surface area contributed by atoms with Crippen LogP contribution in [0, 0.1) is 28.6 Å². The Morgan fingerprint density at radius 3 is 2.61 bits per heavy atom. The molecule has 3 unspecified atom stereocenters. The first kappa shape index (κ1) is 16.1. The van der Waals surface area contributed by atoms with Crippen molar-refractivity contribution in [2.45, 2.75) is 62.8 Å². The molecule has 8 atom stereocenters. The van der Waals surface area contributed by atoms with E-state index >= 15 is 0 Å². The smallest absolute Gasteiger partial charge is 0.212 e. The van der Waals surface area contributed by atoms with Crippen LogP contribution in [0.3, 0.4) is 0 Å². The molecule has 4 rings (SSSR count). The van der Waals surface area contributed by atoms with Crippen LogP contribution < -0.4 is 0 Å². The quantitative estimate of drug-likeness (QED) is 0.517. The van der Waals surface area contributed by atoms with Gasteiger partial charge in [0.2, 0.25) is 5.85 Å². The molecule has 0 amide bonds. The van der Waals surface area contributed by atoms with Crippen molar-refractivity contribution in [2.24, 2.45) is 28.6 Å². The number of aliphatic hydroxyl groups excluding tert-OH is 1.